The summed E-state index contributed by atoms with van der Waals surface area (Å²) in [6, 6.07) is 8.15. The van der Waals surface area contributed by atoms with Crippen LogP contribution in [0.4, 0.5) is 0 Å². The molecule has 0 saturated heterocycles. The third-order valence-corrected chi connectivity index (χ3v) is 2.77. The van der Waals surface area contributed by atoms with Crippen LogP contribution in [0.15, 0.2) is 28.7 Å². The van der Waals surface area contributed by atoms with Crippen molar-refractivity contribution in [3.05, 3.63) is 35.6 Å². The van der Waals surface area contributed by atoms with Crippen LogP contribution in [-0.4, -0.2) is 5.78 Å². The number of carbonyl (C=O) groups is 1. The number of fused-ring (bicyclic) bond motifs is 1. The molecule has 0 N–H and O–H groups in total. The van der Waals surface area contributed by atoms with Crippen LogP contribution in [0.2, 0.25) is 0 Å². The van der Waals surface area contributed by atoms with E-state index in [0.717, 1.165) is 16.7 Å². The first-order chi connectivity index (χ1) is 7.69. The maximum absolute atomic E-state index is 11.2. The van der Waals surface area contributed by atoms with Crippen molar-refractivity contribution in [3.8, 4) is 0 Å². The summed E-state index contributed by atoms with van der Waals surface area (Å²) < 4.78 is 5.67. The second-order valence-electron chi connectivity index (χ2n) is 4.15. The lowest BCUT2D eigenvalue weighted by Gasteiger charge is -1.93. The number of aryl methyl sites for hydroxylation is 2. The van der Waals surface area contributed by atoms with Gasteiger partial charge in [-0.2, -0.15) is 0 Å². The van der Waals surface area contributed by atoms with Crippen LogP contribution in [0.5, 0.6) is 0 Å². The zero-order valence-electron chi connectivity index (χ0n) is 9.75. The van der Waals surface area contributed by atoms with Crippen molar-refractivity contribution in [2.24, 2.45) is 0 Å². The Hall–Kier alpha value is -1.57. The average Bonchev–Trinajstić information content (AvgIpc) is 2.67. The molecule has 0 fully saturated rings. The molecule has 2 aromatic rings. The fraction of sp³-hybridized carbons (Fsp3) is 0.357. The van der Waals surface area contributed by atoms with Gasteiger partial charge in [-0.3, -0.25) is 4.79 Å². The molecule has 0 radical (unpaired) electrons. The Kier molecular flexibility index (Phi) is 3.09. The number of carbonyl (C=O) groups excluding carboxylic acids is 1. The highest BCUT2D eigenvalue weighted by molar-refractivity contribution is 5.80. The Morgan fingerprint density at radius 2 is 2.12 bits per heavy atom. The van der Waals surface area contributed by atoms with E-state index in [1.54, 1.807) is 0 Å². The molecule has 1 heterocycles. The molecule has 0 spiro atoms. The molecule has 0 unspecified atom stereocenters. The Bertz CT molecular complexity index is 508. The summed E-state index contributed by atoms with van der Waals surface area (Å²) in [6.45, 7) is 3.96. The van der Waals surface area contributed by atoms with Crippen molar-refractivity contribution < 1.29 is 9.21 Å². The van der Waals surface area contributed by atoms with E-state index in [1.807, 2.05) is 25.1 Å². The van der Waals surface area contributed by atoms with E-state index in [-0.39, 0.29) is 5.78 Å². The van der Waals surface area contributed by atoms with Gasteiger partial charge in [0.15, 0.2) is 0 Å². The fourth-order valence-corrected chi connectivity index (χ4v) is 1.78. The number of furan rings is 1. The number of benzene rings is 1. The number of hydrogen-bond donors (Lipinski definition) is 0. The Balaban J connectivity index is 2.16. The molecule has 16 heavy (non-hydrogen) atoms. The summed E-state index contributed by atoms with van der Waals surface area (Å²) in [7, 11) is 0. The zero-order valence-corrected chi connectivity index (χ0v) is 9.75. The van der Waals surface area contributed by atoms with Gasteiger partial charge >= 0.3 is 0 Å². The Morgan fingerprint density at radius 1 is 1.31 bits per heavy atom. The summed E-state index contributed by atoms with van der Waals surface area (Å²) in [5.74, 6) is 1.19. The van der Waals surface area contributed by atoms with E-state index in [1.165, 1.54) is 5.56 Å². The summed E-state index contributed by atoms with van der Waals surface area (Å²) in [4.78, 5) is 11.2. The fourth-order valence-electron chi connectivity index (χ4n) is 1.78. The third kappa shape index (κ3) is 2.32. The zero-order chi connectivity index (χ0) is 11.5. The maximum Gasteiger partial charge on any atom is 0.134 e. The van der Waals surface area contributed by atoms with Gasteiger partial charge in [-0.05, 0) is 25.1 Å². The monoisotopic (exact) mass is 216 g/mol. The quantitative estimate of drug-likeness (QED) is 0.780. The first-order valence-electron chi connectivity index (χ1n) is 5.70. The smallest absolute Gasteiger partial charge is 0.134 e. The summed E-state index contributed by atoms with van der Waals surface area (Å²) in [5.41, 5.74) is 2.13. The predicted molar refractivity (Wildman–Crippen MR) is 64.6 cm³/mol. The normalized spacial score (nSPS) is 10.9. The van der Waals surface area contributed by atoms with Crippen LogP contribution >= 0.6 is 0 Å². The van der Waals surface area contributed by atoms with Crippen LogP contribution in [0, 0.1) is 6.92 Å². The lowest BCUT2D eigenvalue weighted by atomic mass is 10.1. The molecule has 2 nitrogen and oxygen atoms in total. The number of rotatable bonds is 4. The van der Waals surface area contributed by atoms with Crippen LogP contribution in [0.1, 0.15) is 31.1 Å². The van der Waals surface area contributed by atoms with Crippen molar-refractivity contribution in [1.29, 1.82) is 0 Å². The van der Waals surface area contributed by atoms with Gasteiger partial charge in [0.25, 0.3) is 0 Å². The maximum atomic E-state index is 11.2. The van der Waals surface area contributed by atoms with E-state index in [2.05, 4.69) is 13.0 Å². The second kappa shape index (κ2) is 4.52. The van der Waals surface area contributed by atoms with E-state index in [9.17, 15) is 4.79 Å². The highest BCUT2D eigenvalue weighted by Crippen LogP contribution is 2.21. The van der Waals surface area contributed by atoms with Crippen LogP contribution in [0.3, 0.4) is 0 Å². The standard InChI is InChI=1S/C14H16O2/c1-3-12(15)5-6-13-9-11-8-10(2)4-7-14(11)16-13/h4,7-9H,3,5-6H2,1-2H3. The molecular formula is C14H16O2. The minimum Gasteiger partial charge on any atom is -0.461 e. The van der Waals surface area contributed by atoms with Gasteiger partial charge in [-0.25, -0.2) is 0 Å². The van der Waals surface area contributed by atoms with E-state index in [4.69, 9.17) is 4.42 Å². The minimum atomic E-state index is 0.289. The molecule has 0 bridgehead atoms. The van der Waals surface area contributed by atoms with E-state index in [0.29, 0.717) is 19.3 Å². The molecule has 0 aliphatic rings. The molecule has 0 aliphatic heterocycles. The van der Waals surface area contributed by atoms with E-state index < -0.39 is 0 Å². The van der Waals surface area contributed by atoms with Gasteiger partial charge in [0.05, 0.1) is 0 Å². The van der Waals surface area contributed by atoms with Crippen molar-refractivity contribution in [3.63, 3.8) is 0 Å². The number of hydrogen-bond acceptors (Lipinski definition) is 2. The molecule has 2 rings (SSSR count). The average molecular weight is 216 g/mol. The minimum absolute atomic E-state index is 0.289. The largest absolute Gasteiger partial charge is 0.461 e. The molecule has 0 atom stereocenters. The lowest BCUT2D eigenvalue weighted by molar-refractivity contribution is -0.118. The van der Waals surface area contributed by atoms with Gasteiger partial charge < -0.3 is 4.42 Å². The summed E-state index contributed by atoms with van der Waals surface area (Å²) >= 11 is 0. The van der Waals surface area contributed by atoms with Crippen molar-refractivity contribution in [2.75, 3.05) is 0 Å². The van der Waals surface area contributed by atoms with Crippen molar-refractivity contribution in [2.45, 2.75) is 33.1 Å². The SMILES string of the molecule is CCC(=O)CCc1cc2cc(C)ccc2o1. The molecule has 0 aliphatic carbocycles. The van der Waals surface area contributed by atoms with Gasteiger partial charge in [-0.15, -0.1) is 0 Å². The highest BCUT2D eigenvalue weighted by atomic mass is 16.3. The molecule has 84 valence electrons. The van der Waals surface area contributed by atoms with Gasteiger partial charge in [0.1, 0.15) is 17.1 Å². The van der Waals surface area contributed by atoms with E-state index >= 15 is 0 Å². The van der Waals surface area contributed by atoms with Crippen molar-refractivity contribution >= 4 is 16.8 Å². The Labute approximate surface area is 95.3 Å². The first kappa shape index (κ1) is 10.9. The van der Waals surface area contributed by atoms with Crippen LogP contribution in [-0.2, 0) is 11.2 Å². The second-order valence-corrected chi connectivity index (χ2v) is 4.15. The Morgan fingerprint density at radius 3 is 2.88 bits per heavy atom. The molecule has 2 heteroatoms. The topological polar surface area (TPSA) is 30.2 Å². The molecule has 1 aromatic heterocycles. The molecular weight excluding hydrogens is 200 g/mol. The van der Waals surface area contributed by atoms with Crippen LogP contribution < -0.4 is 0 Å². The number of ketones is 1. The first-order valence-corrected chi connectivity index (χ1v) is 5.70. The number of Topliss-reactive ketones (excluding diaryl/α,β-unsaturated/α-hetero) is 1. The third-order valence-electron chi connectivity index (χ3n) is 2.77. The summed E-state index contributed by atoms with van der Waals surface area (Å²) in [5, 5.41) is 1.12. The van der Waals surface area contributed by atoms with Gasteiger partial charge in [-0.1, -0.05) is 18.6 Å². The lowest BCUT2D eigenvalue weighted by Crippen LogP contribution is -1.96. The summed E-state index contributed by atoms with van der Waals surface area (Å²) in [6.07, 6.45) is 1.90. The van der Waals surface area contributed by atoms with Crippen molar-refractivity contribution in [1.82, 2.24) is 0 Å². The van der Waals surface area contributed by atoms with Gasteiger partial charge in [0, 0.05) is 24.6 Å². The highest BCUT2D eigenvalue weighted by Gasteiger charge is 2.05. The molecule has 0 saturated carbocycles. The molecule has 1 aromatic carbocycles. The molecule has 0 amide bonds. The van der Waals surface area contributed by atoms with Gasteiger partial charge in [0.2, 0.25) is 0 Å². The van der Waals surface area contributed by atoms with Crippen LogP contribution in [0.25, 0.3) is 11.0 Å². The predicted octanol–water partition coefficient (Wildman–Crippen LogP) is 3.65.